The Labute approximate surface area is 97.4 Å². The summed E-state index contributed by atoms with van der Waals surface area (Å²) in [7, 11) is 2.29. The predicted molar refractivity (Wildman–Crippen MR) is 67.1 cm³/mol. The number of rotatable bonds is 5. The molecule has 0 amide bonds. The van der Waals surface area contributed by atoms with E-state index in [4.69, 9.17) is 0 Å². The van der Waals surface area contributed by atoms with Gasteiger partial charge in [-0.05, 0) is 32.9 Å². The molecule has 0 aromatic rings. The van der Waals surface area contributed by atoms with Crippen LogP contribution in [0, 0.1) is 0 Å². The van der Waals surface area contributed by atoms with Crippen LogP contribution in [-0.2, 0) is 0 Å². The van der Waals surface area contributed by atoms with Crippen molar-refractivity contribution in [1.82, 2.24) is 4.90 Å². The van der Waals surface area contributed by atoms with Crippen LogP contribution in [0.3, 0.4) is 0 Å². The Bertz CT molecular complexity index is 149. The second-order valence-electron chi connectivity index (χ2n) is 4.56. The molecule has 1 rings (SSSR count). The number of alkyl halides is 1. The van der Waals surface area contributed by atoms with Crippen LogP contribution in [-0.4, -0.2) is 29.4 Å². The van der Waals surface area contributed by atoms with Crippen molar-refractivity contribution in [3.05, 3.63) is 0 Å². The summed E-state index contributed by atoms with van der Waals surface area (Å²) < 4.78 is 0. The van der Waals surface area contributed by atoms with Gasteiger partial charge in [0.15, 0.2) is 0 Å². The van der Waals surface area contributed by atoms with Crippen LogP contribution in [0.2, 0.25) is 0 Å². The zero-order valence-electron chi connectivity index (χ0n) is 9.64. The van der Waals surface area contributed by atoms with Crippen molar-refractivity contribution < 1.29 is 0 Å². The molecule has 0 aromatic heterocycles. The van der Waals surface area contributed by atoms with Gasteiger partial charge in [-0.25, -0.2) is 0 Å². The Morgan fingerprint density at radius 3 is 2.57 bits per heavy atom. The lowest BCUT2D eigenvalue weighted by Gasteiger charge is -2.35. The van der Waals surface area contributed by atoms with Gasteiger partial charge < -0.3 is 4.90 Å². The molecule has 2 atom stereocenters. The van der Waals surface area contributed by atoms with Gasteiger partial charge in [0, 0.05) is 10.9 Å². The lowest BCUT2D eigenvalue weighted by Crippen LogP contribution is -2.41. The van der Waals surface area contributed by atoms with Crippen molar-refractivity contribution in [1.29, 1.82) is 0 Å². The normalized spacial score (nSPS) is 28.3. The Kier molecular flexibility index (Phi) is 6.11. The molecule has 0 N–H and O–H groups in total. The first-order chi connectivity index (χ1) is 6.75. The zero-order chi connectivity index (χ0) is 10.4. The second-order valence-corrected chi connectivity index (χ2v) is 5.73. The van der Waals surface area contributed by atoms with Crippen LogP contribution >= 0.6 is 15.9 Å². The van der Waals surface area contributed by atoms with Crippen molar-refractivity contribution in [2.45, 2.75) is 62.7 Å². The van der Waals surface area contributed by atoms with E-state index in [0.29, 0.717) is 0 Å². The maximum absolute atomic E-state index is 3.82. The maximum atomic E-state index is 3.82. The number of hydrogen-bond acceptors (Lipinski definition) is 1. The summed E-state index contributed by atoms with van der Waals surface area (Å²) in [6, 6.07) is 0.792. The average Bonchev–Trinajstić information content (AvgIpc) is 2.18. The molecule has 1 fully saturated rings. The fourth-order valence-electron chi connectivity index (χ4n) is 2.34. The topological polar surface area (TPSA) is 3.24 Å². The predicted octanol–water partition coefficient (Wildman–Crippen LogP) is 3.81. The standard InChI is InChI=1S/C12H24BrN/c1-3-4-7-10-14(2)12-9-6-5-8-11(12)13/h11-12H,3-10H2,1-2H3. The van der Waals surface area contributed by atoms with Crippen LogP contribution in [0.4, 0.5) is 0 Å². The lowest BCUT2D eigenvalue weighted by molar-refractivity contribution is 0.197. The molecule has 0 aromatic carbocycles. The van der Waals surface area contributed by atoms with Crippen LogP contribution < -0.4 is 0 Å². The summed E-state index contributed by atoms with van der Waals surface area (Å²) in [6.07, 6.45) is 9.66. The van der Waals surface area contributed by atoms with Crippen molar-refractivity contribution >= 4 is 15.9 Å². The van der Waals surface area contributed by atoms with Gasteiger partial charge in [0.25, 0.3) is 0 Å². The van der Waals surface area contributed by atoms with Crippen LogP contribution in [0.5, 0.6) is 0 Å². The molecule has 1 nitrogen and oxygen atoms in total. The first kappa shape index (κ1) is 12.5. The molecular formula is C12H24BrN. The monoisotopic (exact) mass is 261 g/mol. The summed E-state index contributed by atoms with van der Waals surface area (Å²) in [5.41, 5.74) is 0. The first-order valence-electron chi connectivity index (χ1n) is 6.10. The molecule has 2 heteroatoms. The average molecular weight is 262 g/mol. The Morgan fingerprint density at radius 2 is 1.93 bits per heavy atom. The van der Waals surface area contributed by atoms with Crippen LogP contribution in [0.25, 0.3) is 0 Å². The van der Waals surface area contributed by atoms with E-state index in [9.17, 15) is 0 Å². The number of nitrogens with zero attached hydrogens (tertiary/aromatic N) is 1. The minimum Gasteiger partial charge on any atom is -0.302 e. The minimum atomic E-state index is 0.739. The molecule has 0 bridgehead atoms. The summed E-state index contributed by atoms with van der Waals surface area (Å²) in [6.45, 7) is 3.55. The van der Waals surface area contributed by atoms with Gasteiger partial charge in [-0.1, -0.05) is 48.5 Å². The van der Waals surface area contributed by atoms with E-state index in [-0.39, 0.29) is 0 Å². The molecule has 1 aliphatic carbocycles. The van der Waals surface area contributed by atoms with E-state index >= 15 is 0 Å². The molecule has 0 spiro atoms. The molecule has 0 saturated heterocycles. The lowest BCUT2D eigenvalue weighted by atomic mass is 9.94. The molecule has 1 aliphatic rings. The van der Waals surface area contributed by atoms with E-state index < -0.39 is 0 Å². The number of halogens is 1. The smallest absolute Gasteiger partial charge is 0.0301 e. The van der Waals surface area contributed by atoms with Gasteiger partial charge in [0.05, 0.1) is 0 Å². The summed E-state index contributed by atoms with van der Waals surface area (Å²) in [4.78, 5) is 3.30. The van der Waals surface area contributed by atoms with E-state index in [0.717, 1.165) is 10.9 Å². The Balaban J connectivity index is 2.23. The van der Waals surface area contributed by atoms with Crippen molar-refractivity contribution in [2.24, 2.45) is 0 Å². The molecule has 2 unspecified atom stereocenters. The summed E-state index contributed by atoms with van der Waals surface area (Å²) in [5, 5.41) is 0. The maximum Gasteiger partial charge on any atom is 0.0301 e. The van der Waals surface area contributed by atoms with Crippen LogP contribution in [0.15, 0.2) is 0 Å². The quantitative estimate of drug-likeness (QED) is 0.538. The highest BCUT2D eigenvalue weighted by Gasteiger charge is 2.25. The fourth-order valence-corrected chi connectivity index (χ4v) is 3.33. The molecule has 14 heavy (non-hydrogen) atoms. The molecular weight excluding hydrogens is 238 g/mol. The number of unbranched alkanes of at least 4 members (excludes halogenated alkanes) is 2. The van der Waals surface area contributed by atoms with Gasteiger partial charge in [0.1, 0.15) is 0 Å². The van der Waals surface area contributed by atoms with Gasteiger partial charge >= 0.3 is 0 Å². The van der Waals surface area contributed by atoms with E-state index in [2.05, 4.69) is 34.8 Å². The van der Waals surface area contributed by atoms with Crippen LogP contribution in [0.1, 0.15) is 51.9 Å². The van der Waals surface area contributed by atoms with Gasteiger partial charge in [-0.3, -0.25) is 0 Å². The Hall–Kier alpha value is 0.440. The highest BCUT2D eigenvalue weighted by Crippen LogP contribution is 2.27. The largest absolute Gasteiger partial charge is 0.302 e. The molecule has 0 heterocycles. The van der Waals surface area contributed by atoms with Gasteiger partial charge in [-0.15, -0.1) is 0 Å². The number of hydrogen-bond donors (Lipinski definition) is 0. The van der Waals surface area contributed by atoms with Crippen molar-refractivity contribution in [2.75, 3.05) is 13.6 Å². The molecule has 0 aliphatic heterocycles. The third kappa shape index (κ3) is 3.90. The third-order valence-corrected chi connectivity index (χ3v) is 4.40. The fraction of sp³-hybridized carbons (Fsp3) is 1.00. The second kappa shape index (κ2) is 6.84. The Morgan fingerprint density at radius 1 is 1.21 bits per heavy atom. The zero-order valence-corrected chi connectivity index (χ0v) is 11.2. The van der Waals surface area contributed by atoms with Crippen molar-refractivity contribution in [3.63, 3.8) is 0 Å². The van der Waals surface area contributed by atoms with E-state index in [1.807, 2.05) is 0 Å². The molecule has 0 radical (unpaired) electrons. The van der Waals surface area contributed by atoms with E-state index in [1.54, 1.807) is 0 Å². The highest BCUT2D eigenvalue weighted by atomic mass is 79.9. The summed E-state index contributed by atoms with van der Waals surface area (Å²) in [5.74, 6) is 0. The molecule has 1 saturated carbocycles. The summed E-state index contributed by atoms with van der Waals surface area (Å²) >= 11 is 3.82. The molecule has 84 valence electrons. The van der Waals surface area contributed by atoms with Crippen molar-refractivity contribution in [3.8, 4) is 0 Å². The first-order valence-corrected chi connectivity index (χ1v) is 7.01. The van der Waals surface area contributed by atoms with E-state index in [1.165, 1.54) is 51.5 Å². The van der Waals surface area contributed by atoms with Gasteiger partial charge in [-0.2, -0.15) is 0 Å². The minimum absolute atomic E-state index is 0.739. The SMILES string of the molecule is CCCCCN(C)C1CCCCC1Br. The van der Waals surface area contributed by atoms with Gasteiger partial charge in [0.2, 0.25) is 0 Å². The third-order valence-electron chi connectivity index (χ3n) is 3.33. The highest BCUT2D eigenvalue weighted by molar-refractivity contribution is 9.09.